The van der Waals surface area contributed by atoms with Crippen LogP contribution in [0, 0.1) is 5.92 Å². The smallest absolute Gasteiger partial charge is 0.411 e. The number of anilines is 1. The van der Waals surface area contributed by atoms with Gasteiger partial charge in [-0.05, 0) is 37.0 Å². The van der Waals surface area contributed by atoms with Crippen LogP contribution in [0.4, 0.5) is 18.9 Å². The monoisotopic (exact) mass is 300 g/mol. The molecule has 0 heterocycles. The van der Waals surface area contributed by atoms with Gasteiger partial charge in [0.1, 0.15) is 0 Å². The lowest BCUT2D eigenvalue weighted by Gasteiger charge is -2.20. The molecule has 0 aliphatic heterocycles. The van der Waals surface area contributed by atoms with Crippen molar-refractivity contribution in [1.29, 1.82) is 0 Å². The van der Waals surface area contributed by atoms with Crippen LogP contribution in [0.15, 0.2) is 23.4 Å². The van der Waals surface area contributed by atoms with Crippen molar-refractivity contribution in [3.8, 4) is 0 Å². The minimum Gasteiger partial charge on any atom is -0.411 e. The summed E-state index contributed by atoms with van der Waals surface area (Å²) in [5.41, 5.74) is 0.0491. The van der Waals surface area contributed by atoms with Crippen LogP contribution < -0.4 is 5.32 Å². The molecule has 1 saturated carbocycles. The Balaban J connectivity index is 2.20. The zero-order valence-corrected chi connectivity index (χ0v) is 11.8. The van der Waals surface area contributed by atoms with Crippen molar-refractivity contribution >= 4 is 11.9 Å². The van der Waals surface area contributed by atoms with Gasteiger partial charge in [0.2, 0.25) is 0 Å². The SMILES string of the molecule is CCC(CC1CC1)Nc1ccc(C(F)(F)F)cc1C=NO. The highest BCUT2D eigenvalue weighted by Gasteiger charge is 2.31. The predicted octanol–water partition coefficient (Wildman–Crippen LogP) is 4.50. The highest BCUT2D eigenvalue weighted by atomic mass is 19.4. The number of hydrogen-bond acceptors (Lipinski definition) is 3. The first-order valence-electron chi connectivity index (χ1n) is 7.09. The summed E-state index contributed by atoms with van der Waals surface area (Å²) in [5.74, 6) is 0.729. The second-order valence-corrected chi connectivity index (χ2v) is 5.47. The molecule has 1 aromatic carbocycles. The molecule has 0 amide bonds. The van der Waals surface area contributed by atoms with E-state index in [1.54, 1.807) is 0 Å². The molecule has 3 nitrogen and oxygen atoms in total. The van der Waals surface area contributed by atoms with Crippen LogP contribution in [0.5, 0.6) is 0 Å². The lowest BCUT2D eigenvalue weighted by molar-refractivity contribution is -0.137. The molecule has 2 N–H and O–H groups in total. The normalized spacial score (nSPS) is 17.1. The fourth-order valence-electron chi connectivity index (χ4n) is 2.34. The van der Waals surface area contributed by atoms with Gasteiger partial charge in [-0.2, -0.15) is 13.2 Å². The Bertz CT molecular complexity index is 510. The Hall–Kier alpha value is -1.72. The Morgan fingerprint density at radius 3 is 2.67 bits per heavy atom. The Morgan fingerprint density at radius 2 is 2.14 bits per heavy atom. The van der Waals surface area contributed by atoms with E-state index >= 15 is 0 Å². The summed E-state index contributed by atoms with van der Waals surface area (Å²) >= 11 is 0. The second kappa shape index (κ2) is 6.37. The molecule has 1 aliphatic carbocycles. The van der Waals surface area contributed by atoms with E-state index < -0.39 is 11.7 Å². The van der Waals surface area contributed by atoms with Gasteiger partial charge in [0.05, 0.1) is 11.8 Å². The van der Waals surface area contributed by atoms with Gasteiger partial charge in [-0.1, -0.05) is 24.9 Å². The minimum atomic E-state index is -4.41. The van der Waals surface area contributed by atoms with E-state index in [9.17, 15) is 13.2 Å². The lowest BCUT2D eigenvalue weighted by Crippen LogP contribution is -2.20. The zero-order chi connectivity index (χ0) is 15.5. The quantitative estimate of drug-likeness (QED) is 0.461. The fourth-order valence-corrected chi connectivity index (χ4v) is 2.34. The van der Waals surface area contributed by atoms with Gasteiger partial charge in [0.15, 0.2) is 0 Å². The molecule has 1 aliphatic rings. The van der Waals surface area contributed by atoms with Gasteiger partial charge in [0, 0.05) is 17.3 Å². The van der Waals surface area contributed by atoms with Gasteiger partial charge in [-0.25, -0.2) is 0 Å². The van der Waals surface area contributed by atoms with Gasteiger partial charge in [-0.3, -0.25) is 0 Å². The van der Waals surface area contributed by atoms with E-state index in [-0.39, 0.29) is 11.6 Å². The van der Waals surface area contributed by atoms with E-state index in [0.717, 1.165) is 37.1 Å². The first-order valence-corrected chi connectivity index (χ1v) is 7.09. The van der Waals surface area contributed by atoms with Crippen molar-refractivity contribution in [3.05, 3.63) is 29.3 Å². The third kappa shape index (κ3) is 4.37. The maximum Gasteiger partial charge on any atom is 0.416 e. The average Bonchev–Trinajstić information content (AvgIpc) is 3.22. The number of nitrogens with one attached hydrogen (secondary N) is 1. The van der Waals surface area contributed by atoms with E-state index in [0.29, 0.717) is 5.69 Å². The number of rotatable bonds is 6. The third-order valence-electron chi connectivity index (χ3n) is 3.74. The second-order valence-electron chi connectivity index (χ2n) is 5.47. The topological polar surface area (TPSA) is 44.6 Å². The molecule has 0 bridgehead atoms. The molecular formula is C15H19F3N2O. The van der Waals surface area contributed by atoms with Crippen LogP contribution in [-0.2, 0) is 6.18 Å². The maximum atomic E-state index is 12.7. The Morgan fingerprint density at radius 1 is 1.43 bits per heavy atom. The number of nitrogens with zero attached hydrogens (tertiary/aromatic N) is 1. The minimum absolute atomic E-state index is 0.222. The first-order chi connectivity index (χ1) is 9.94. The van der Waals surface area contributed by atoms with Crippen LogP contribution in [0.1, 0.15) is 43.7 Å². The number of benzene rings is 1. The molecule has 116 valence electrons. The van der Waals surface area contributed by atoms with Crippen LogP contribution in [0.3, 0.4) is 0 Å². The predicted molar refractivity (Wildman–Crippen MR) is 75.9 cm³/mol. The standard InChI is InChI=1S/C15H19F3N2O/c1-2-13(7-10-3-4-10)20-14-6-5-12(15(16,17)18)8-11(14)9-19-21/h5-6,8-10,13,20-21H,2-4,7H2,1H3. The molecule has 1 fully saturated rings. The Kier molecular flexibility index (Phi) is 4.75. The summed E-state index contributed by atoms with van der Waals surface area (Å²) in [6, 6.07) is 3.66. The van der Waals surface area contributed by atoms with Crippen molar-refractivity contribution in [1.82, 2.24) is 0 Å². The molecule has 0 saturated heterocycles. The van der Waals surface area contributed by atoms with Crippen LogP contribution in [0.2, 0.25) is 0 Å². The average molecular weight is 300 g/mol. The van der Waals surface area contributed by atoms with Crippen LogP contribution in [-0.4, -0.2) is 17.5 Å². The van der Waals surface area contributed by atoms with Gasteiger partial charge >= 0.3 is 6.18 Å². The first kappa shape index (κ1) is 15.7. The molecule has 1 unspecified atom stereocenters. The van der Waals surface area contributed by atoms with Gasteiger partial charge in [0.25, 0.3) is 0 Å². The molecule has 2 rings (SSSR count). The lowest BCUT2D eigenvalue weighted by atomic mass is 10.0. The molecule has 1 aromatic rings. The molecule has 0 aromatic heterocycles. The molecule has 21 heavy (non-hydrogen) atoms. The summed E-state index contributed by atoms with van der Waals surface area (Å²) in [4.78, 5) is 0. The Labute approximate surface area is 121 Å². The fraction of sp³-hybridized carbons (Fsp3) is 0.533. The summed E-state index contributed by atoms with van der Waals surface area (Å²) in [6.45, 7) is 2.05. The largest absolute Gasteiger partial charge is 0.416 e. The summed E-state index contributed by atoms with van der Waals surface area (Å²) in [6.07, 6.45) is 1.00. The van der Waals surface area contributed by atoms with Crippen molar-refractivity contribution in [2.24, 2.45) is 11.1 Å². The van der Waals surface area contributed by atoms with E-state index in [1.807, 2.05) is 6.92 Å². The van der Waals surface area contributed by atoms with Crippen LogP contribution >= 0.6 is 0 Å². The molecule has 0 spiro atoms. The van der Waals surface area contributed by atoms with Crippen molar-refractivity contribution in [2.75, 3.05) is 5.32 Å². The van der Waals surface area contributed by atoms with Crippen LogP contribution in [0.25, 0.3) is 0 Å². The number of hydrogen-bond donors (Lipinski definition) is 2. The summed E-state index contributed by atoms with van der Waals surface area (Å²) < 4.78 is 38.2. The summed E-state index contributed by atoms with van der Waals surface area (Å²) in [5, 5.41) is 14.8. The number of oxime groups is 1. The van der Waals surface area contributed by atoms with E-state index in [2.05, 4.69) is 10.5 Å². The van der Waals surface area contributed by atoms with Gasteiger partial charge < -0.3 is 10.5 Å². The van der Waals surface area contributed by atoms with Crippen molar-refractivity contribution in [2.45, 2.75) is 44.8 Å². The van der Waals surface area contributed by atoms with E-state index in [4.69, 9.17) is 5.21 Å². The summed E-state index contributed by atoms with van der Waals surface area (Å²) in [7, 11) is 0. The number of halogens is 3. The van der Waals surface area contributed by atoms with Crippen molar-refractivity contribution < 1.29 is 18.4 Å². The molecule has 6 heteroatoms. The third-order valence-corrected chi connectivity index (χ3v) is 3.74. The maximum absolute atomic E-state index is 12.7. The number of alkyl halides is 3. The van der Waals surface area contributed by atoms with Crippen molar-refractivity contribution in [3.63, 3.8) is 0 Å². The molecule has 1 atom stereocenters. The van der Waals surface area contributed by atoms with E-state index in [1.165, 1.54) is 18.9 Å². The molecular weight excluding hydrogens is 281 g/mol. The zero-order valence-electron chi connectivity index (χ0n) is 11.8. The highest BCUT2D eigenvalue weighted by molar-refractivity contribution is 5.87. The highest BCUT2D eigenvalue weighted by Crippen LogP contribution is 2.36. The molecule has 0 radical (unpaired) electrons. The van der Waals surface area contributed by atoms with Gasteiger partial charge in [-0.15, -0.1) is 0 Å².